The molecule has 0 radical (unpaired) electrons. The second-order valence-corrected chi connectivity index (χ2v) is 7.05. The molecule has 0 aliphatic carbocycles. The molecule has 2 aromatic heterocycles. The minimum Gasteiger partial charge on any atom is -0.480 e. The van der Waals surface area contributed by atoms with Gasteiger partial charge in [0.05, 0.1) is 5.56 Å². The molecule has 3 heterocycles. The lowest BCUT2D eigenvalue weighted by molar-refractivity contribution is -0.143. The predicted octanol–water partition coefficient (Wildman–Crippen LogP) is 1.61. The van der Waals surface area contributed by atoms with Gasteiger partial charge < -0.3 is 19.7 Å². The molecule has 9 nitrogen and oxygen atoms in total. The number of piperazine rings is 1. The van der Waals surface area contributed by atoms with Gasteiger partial charge >= 0.3 is 11.9 Å². The number of rotatable bonds is 5. The first-order valence-corrected chi connectivity index (χ1v) is 9.27. The van der Waals surface area contributed by atoms with Gasteiger partial charge in [0.2, 0.25) is 5.95 Å². The number of aliphatic carboxylic acids is 1. The van der Waals surface area contributed by atoms with Gasteiger partial charge in [0.15, 0.2) is 0 Å². The third kappa shape index (κ3) is 3.52. The number of aromatic carboxylic acids is 1. The first kappa shape index (κ1) is 18.9. The van der Waals surface area contributed by atoms with Gasteiger partial charge in [0.25, 0.3) is 0 Å². The second-order valence-electron chi connectivity index (χ2n) is 7.05. The van der Waals surface area contributed by atoms with E-state index < -0.39 is 18.0 Å². The molecule has 1 aromatic carbocycles. The van der Waals surface area contributed by atoms with E-state index in [0.29, 0.717) is 43.2 Å². The number of hydrogen-bond acceptors (Lipinski definition) is 6. The topological polar surface area (TPSA) is 112 Å². The molecule has 1 atom stereocenters. The van der Waals surface area contributed by atoms with Gasteiger partial charge in [-0.3, -0.25) is 9.69 Å². The molecular weight excluding hydrogens is 374 g/mol. The third-order valence-electron chi connectivity index (χ3n) is 5.31. The minimum atomic E-state index is -1.01. The van der Waals surface area contributed by atoms with Gasteiger partial charge in [-0.25, -0.2) is 14.8 Å². The van der Waals surface area contributed by atoms with Crippen molar-refractivity contribution in [2.75, 3.05) is 31.1 Å². The van der Waals surface area contributed by atoms with Crippen molar-refractivity contribution in [3.05, 3.63) is 54.0 Å². The van der Waals surface area contributed by atoms with E-state index in [1.807, 2.05) is 9.80 Å². The van der Waals surface area contributed by atoms with Gasteiger partial charge in [-0.2, -0.15) is 0 Å². The van der Waals surface area contributed by atoms with Gasteiger partial charge in [-0.1, -0.05) is 6.07 Å². The number of fused-ring (bicyclic) bond motifs is 1. The van der Waals surface area contributed by atoms with Crippen LogP contribution in [-0.4, -0.2) is 67.8 Å². The molecule has 4 rings (SSSR count). The molecule has 0 saturated carbocycles. The number of carbonyl (C=O) groups is 2. The van der Waals surface area contributed by atoms with Gasteiger partial charge in [-0.15, -0.1) is 0 Å². The van der Waals surface area contributed by atoms with E-state index in [1.165, 1.54) is 6.07 Å². The normalized spacial score (nSPS) is 16.1. The summed E-state index contributed by atoms with van der Waals surface area (Å²) in [6.45, 7) is 2.36. The van der Waals surface area contributed by atoms with Crippen LogP contribution in [0, 0.1) is 0 Å². The Morgan fingerprint density at radius 2 is 1.76 bits per heavy atom. The summed E-state index contributed by atoms with van der Waals surface area (Å²) in [6, 6.07) is 5.73. The molecule has 1 aliphatic heterocycles. The number of carboxylic acids is 2. The fourth-order valence-corrected chi connectivity index (χ4v) is 3.89. The molecule has 1 aliphatic rings. The summed E-state index contributed by atoms with van der Waals surface area (Å²) in [7, 11) is 1.79. The number of benzene rings is 1. The summed E-state index contributed by atoms with van der Waals surface area (Å²) in [4.78, 5) is 36.0. The standard InChI is InChI=1S/C20H21N5O4/c1-23-12-15(14-4-3-13(18(26)27)11-16(14)23)17(19(28)29)24-7-9-25(10-8-24)20-21-5-2-6-22-20/h2-6,11-12,17H,7-10H2,1H3,(H,26,27)(H,28,29)/t17-/m0/s1. The monoisotopic (exact) mass is 395 g/mol. The van der Waals surface area contributed by atoms with Crippen molar-refractivity contribution >= 4 is 28.8 Å². The quantitative estimate of drug-likeness (QED) is 0.670. The molecule has 150 valence electrons. The summed E-state index contributed by atoms with van der Waals surface area (Å²) in [5.41, 5.74) is 1.53. The number of nitrogens with zero attached hydrogens (tertiary/aromatic N) is 5. The van der Waals surface area contributed by atoms with Crippen LogP contribution in [0.25, 0.3) is 10.9 Å². The number of hydrogen-bond donors (Lipinski definition) is 2. The van der Waals surface area contributed by atoms with Crippen LogP contribution in [-0.2, 0) is 11.8 Å². The van der Waals surface area contributed by atoms with Crippen LogP contribution in [0.15, 0.2) is 42.9 Å². The van der Waals surface area contributed by atoms with E-state index in [9.17, 15) is 19.8 Å². The van der Waals surface area contributed by atoms with Crippen LogP contribution in [0.4, 0.5) is 5.95 Å². The molecular formula is C20H21N5O4. The van der Waals surface area contributed by atoms with Crippen LogP contribution in [0.2, 0.25) is 0 Å². The van der Waals surface area contributed by atoms with Crippen LogP contribution in [0.5, 0.6) is 0 Å². The Morgan fingerprint density at radius 1 is 1.07 bits per heavy atom. The Labute approximate surface area is 166 Å². The second kappa shape index (κ2) is 7.51. The Balaban J connectivity index is 1.62. The fourth-order valence-electron chi connectivity index (χ4n) is 3.89. The third-order valence-corrected chi connectivity index (χ3v) is 5.31. The molecule has 1 fully saturated rings. The Kier molecular flexibility index (Phi) is 4.89. The molecule has 2 N–H and O–H groups in total. The SMILES string of the molecule is Cn1cc([C@@H](C(=O)O)N2CCN(c3ncccn3)CC2)c2ccc(C(=O)O)cc21. The Bertz CT molecular complexity index is 1060. The van der Waals surface area contributed by atoms with Crippen LogP contribution < -0.4 is 4.90 Å². The average molecular weight is 395 g/mol. The number of carboxylic acid groups (broad SMARTS) is 2. The van der Waals surface area contributed by atoms with Gasteiger partial charge in [-0.05, 0) is 18.2 Å². The number of aryl methyl sites for hydroxylation is 1. The number of anilines is 1. The van der Waals surface area contributed by atoms with E-state index in [1.54, 1.807) is 48.4 Å². The number of aromatic nitrogens is 3. The van der Waals surface area contributed by atoms with Crippen LogP contribution in [0.1, 0.15) is 22.0 Å². The van der Waals surface area contributed by atoms with Crippen molar-refractivity contribution in [2.24, 2.45) is 7.05 Å². The summed E-state index contributed by atoms with van der Waals surface area (Å²) in [5.74, 6) is -1.29. The molecule has 0 bridgehead atoms. The average Bonchev–Trinajstić information content (AvgIpc) is 3.05. The Hall–Kier alpha value is -3.46. The molecule has 0 unspecified atom stereocenters. The highest BCUT2D eigenvalue weighted by Crippen LogP contribution is 2.31. The lowest BCUT2D eigenvalue weighted by atomic mass is 10.0. The van der Waals surface area contributed by atoms with Crippen molar-refractivity contribution in [3.63, 3.8) is 0 Å². The van der Waals surface area contributed by atoms with Crippen molar-refractivity contribution < 1.29 is 19.8 Å². The van der Waals surface area contributed by atoms with E-state index in [0.717, 1.165) is 5.39 Å². The molecule has 0 amide bonds. The van der Waals surface area contributed by atoms with Crippen molar-refractivity contribution in [2.45, 2.75) is 6.04 Å². The predicted molar refractivity (Wildman–Crippen MR) is 106 cm³/mol. The van der Waals surface area contributed by atoms with Crippen molar-refractivity contribution in [1.82, 2.24) is 19.4 Å². The fraction of sp³-hybridized carbons (Fsp3) is 0.300. The first-order valence-electron chi connectivity index (χ1n) is 9.27. The van der Waals surface area contributed by atoms with E-state index in [4.69, 9.17) is 0 Å². The zero-order valence-corrected chi connectivity index (χ0v) is 15.9. The zero-order chi connectivity index (χ0) is 20.5. The molecule has 1 saturated heterocycles. The smallest absolute Gasteiger partial charge is 0.335 e. The maximum Gasteiger partial charge on any atom is 0.335 e. The summed E-state index contributed by atoms with van der Waals surface area (Å²) >= 11 is 0. The largest absolute Gasteiger partial charge is 0.480 e. The maximum absolute atomic E-state index is 12.2. The summed E-state index contributed by atoms with van der Waals surface area (Å²) in [6.07, 6.45) is 5.16. The Morgan fingerprint density at radius 3 is 2.38 bits per heavy atom. The zero-order valence-electron chi connectivity index (χ0n) is 15.9. The van der Waals surface area contributed by atoms with Crippen LogP contribution >= 0.6 is 0 Å². The van der Waals surface area contributed by atoms with E-state index in [-0.39, 0.29) is 5.56 Å². The highest BCUT2D eigenvalue weighted by molar-refractivity contribution is 5.96. The molecule has 0 spiro atoms. The highest BCUT2D eigenvalue weighted by Gasteiger charge is 2.33. The van der Waals surface area contributed by atoms with Gasteiger partial charge in [0.1, 0.15) is 6.04 Å². The van der Waals surface area contributed by atoms with Crippen molar-refractivity contribution in [1.29, 1.82) is 0 Å². The lowest BCUT2D eigenvalue weighted by Crippen LogP contribution is -2.49. The summed E-state index contributed by atoms with van der Waals surface area (Å²) in [5, 5.41) is 20.0. The lowest BCUT2D eigenvalue weighted by Gasteiger charge is -2.37. The van der Waals surface area contributed by atoms with E-state index in [2.05, 4.69) is 9.97 Å². The van der Waals surface area contributed by atoms with Crippen molar-refractivity contribution in [3.8, 4) is 0 Å². The van der Waals surface area contributed by atoms with Crippen LogP contribution in [0.3, 0.4) is 0 Å². The molecule has 3 aromatic rings. The molecule has 29 heavy (non-hydrogen) atoms. The summed E-state index contributed by atoms with van der Waals surface area (Å²) < 4.78 is 1.78. The van der Waals surface area contributed by atoms with E-state index >= 15 is 0 Å². The molecule has 9 heteroatoms. The first-order chi connectivity index (χ1) is 14.0. The van der Waals surface area contributed by atoms with Gasteiger partial charge in [0, 0.05) is 68.3 Å². The maximum atomic E-state index is 12.2. The highest BCUT2D eigenvalue weighted by atomic mass is 16.4. The minimum absolute atomic E-state index is 0.175.